The Hall–Kier alpha value is -16.5. The van der Waals surface area contributed by atoms with E-state index >= 15 is 0 Å². The van der Waals surface area contributed by atoms with Crippen molar-refractivity contribution in [3.05, 3.63) is 234 Å². The molecule has 35 heteroatoms. The minimum absolute atomic E-state index is 0.642. The molecule has 0 spiro atoms. The van der Waals surface area contributed by atoms with E-state index in [1.165, 1.54) is 49.8 Å². The van der Waals surface area contributed by atoms with Gasteiger partial charge in [0.25, 0.3) is 0 Å². The van der Waals surface area contributed by atoms with Crippen molar-refractivity contribution in [1.29, 1.82) is 0 Å². The van der Waals surface area contributed by atoms with Crippen LogP contribution < -0.4 is 44.4 Å². The minimum Gasteiger partial charge on any atom is -0.497 e. The number of aldehydes is 6. The Bertz CT molecular complexity index is 7900. The molecule has 0 atom stereocenters. The molecule has 0 bridgehead atoms. The first-order chi connectivity index (χ1) is 67.3. The lowest BCUT2D eigenvalue weighted by atomic mass is 10.1. The Labute approximate surface area is 788 Å². The molecule has 12 aromatic heterocycles. The zero-order valence-electron chi connectivity index (χ0n) is 75.5. The molecule has 0 aliphatic carbocycles. The molecular weight excluding hydrogens is 1750 g/mol. The summed E-state index contributed by atoms with van der Waals surface area (Å²) in [6.45, 7) is 15.2. The highest BCUT2D eigenvalue weighted by Crippen LogP contribution is 2.39. The molecule has 688 valence electrons. The highest BCUT2D eigenvalue weighted by molar-refractivity contribution is 6.30. The van der Waals surface area contributed by atoms with Gasteiger partial charge in [0.05, 0.1) is 7.11 Å². The Morgan fingerprint density at radius 2 is 0.526 bits per heavy atom. The highest BCUT2D eigenvalue weighted by Gasteiger charge is 2.28. The van der Waals surface area contributed by atoms with Crippen LogP contribution in [0.25, 0.3) is 132 Å². The lowest BCUT2D eigenvalue weighted by Crippen LogP contribution is -2.46. The van der Waals surface area contributed by atoms with E-state index in [0.717, 1.165) is 320 Å². The van der Waals surface area contributed by atoms with Gasteiger partial charge >= 0.3 is 0 Å². The van der Waals surface area contributed by atoms with Gasteiger partial charge in [0.15, 0.2) is 34.9 Å². The number of H-pyrrole nitrogens is 6. The molecule has 20 aromatic rings. The Morgan fingerprint density at radius 3 is 0.803 bits per heavy atom. The van der Waals surface area contributed by atoms with Crippen LogP contribution in [0.3, 0.4) is 0 Å². The molecule has 17 heterocycles. The lowest BCUT2D eigenvalue weighted by Gasteiger charge is -2.36. The molecule has 0 saturated carbocycles. The number of ether oxygens (including phenoxy) is 1. The Kier molecular flexibility index (Phi) is 25.4. The van der Waals surface area contributed by atoms with Gasteiger partial charge in [0, 0.05) is 227 Å². The molecule has 5 fully saturated rings. The van der Waals surface area contributed by atoms with E-state index in [9.17, 15) is 28.8 Å². The first-order valence-corrected chi connectivity index (χ1v) is 46.0. The molecular formula is C102H96ClN27O7. The zero-order valence-corrected chi connectivity index (χ0v) is 76.2. The monoisotopic (exact) mass is 1850 g/mol. The van der Waals surface area contributed by atoms with E-state index in [-0.39, 0.29) is 0 Å². The summed E-state index contributed by atoms with van der Waals surface area (Å²) in [6.07, 6.45) is 20.8. The highest BCUT2D eigenvalue weighted by atomic mass is 35.5. The molecule has 7 N–H and O–H groups in total. The summed E-state index contributed by atoms with van der Waals surface area (Å²) < 4.78 is 5.25. The van der Waals surface area contributed by atoms with Gasteiger partial charge in [-0.05, 0) is 197 Å². The van der Waals surface area contributed by atoms with Crippen molar-refractivity contribution in [1.82, 2.24) is 94.6 Å². The molecule has 137 heavy (non-hydrogen) atoms. The standard InChI is InChI=1S/C22H21N5O2.C21H18ClN5O.C16H17N5O.C16H16N4O.C15H14N4O.C12H10N4O/c1-29-17-5-3-16(4-6-17)26-8-10-27(11-9-26)22-21-20(23-14-24-22)18-12-15(13-28)2-7-19(18)25-21;22-15-2-4-16(5-3-15)26-7-9-27(10-8-26)21-20-19(23-13-24-21)17-11-14(12-28)1-6-18(17)25-20;1-20-4-6-21(7-5-20)16-15-14(17-10-18-16)12-8-11(9-22)2-3-13(12)19-15;21-9-11-4-5-13-12(8-11)14-15(19-13)16(18-10-17-14)20-6-2-1-3-7-20;20-8-10-3-4-12-11(7-10)13-14(18-12)15(17-9-16-13)19-5-1-2-6-19;1-13-12-11-10(14-6-15-12)8-4-7(5-17)2-3-9(8)16-11/h2-7,12-14,25H,8-11H2,1H3;1-6,11-13,25H,7-10H2;2-3,8-10,19H,4-7H2,1H3;4-5,8-10,19H,1-3,6-7H2;3-4,7-9,18H,1-2,5-6H2;2-6,16H,1H3,(H,13,14,15). The third kappa shape index (κ3) is 18.0. The number of methoxy groups -OCH3 is 1. The molecule has 5 aliphatic heterocycles. The minimum atomic E-state index is 0.642. The number of hydrogen-bond acceptors (Lipinski definition) is 28. The van der Waals surface area contributed by atoms with Crippen LogP contribution >= 0.6 is 11.6 Å². The van der Waals surface area contributed by atoms with Crippen LogP contribution in [0.1, 0.15) is 94.3 Å². The molecule has 5 aliphatic rings. The number of fused-ring (bicyclic) bond motifs is 18. The molecule has 5 saturated heterocycles. The quantitative estimate of drug-likeness (QED) is 0.0469. The van der Waals surface area contributed by atoms with Crippen molar-refractivity contribution in [2.24, 2.45) is 0 Å². The Balaban J connectivity index is 0.000000102. The number of piperidine rings is 1. The second-order valence-corrected chi connectivity index (χ2v) is 34.7. The number of nitrogens with one attached hydrogen (secondary N) is 7. The molecule has 34 nitrogen and oxygen atoms in total. The zero-order chi connectivity index (χ0) is 93.6. The number of aromatic amines is 6. The first-order valence-electron chi connectivity index (χ1n) is 45.6. The second kappa shape index (κ2) is 39.4. The third-order valence-electron chi connectivity index (χ3n) is 26.0. The molecule has 0 radical (unpaired) electrons. The number of carbonyl (C=O) groups is 6. The summed E-state index contributed by atoms with van der Waals surface area (Å²) in [7, 11) is 5.63. The van der Waals surface area contributed by atoms with Gasteiger partial charge in [0.1, 0.15) is 148 Å². The van der Waals surface area contributed by atoms with Crippen LogP contribution in [0.5, 0.6) is 5.75 Å². The van der Waals surface area contributed by atoms with Crippen molar-refractivity contribution >= 4 is 227 Å². The van der Waals surface area contributed by atoms with Gasteiger partial charge in [-0.2, -0.15) is 0 Å². The van der Waals surface area contributed by atoms with Crippen molar-refractivity contribution in [2.75, 3.05) is 166 Å². The average Bonchev–Trinajstić information content (AvgIpc) is 1.61. The maximum absolute atomic E-state index is 11.1. The van der Waals surface area contributed by atoms with E-state index in [2.05, 4.69) is 166 Å². The topological polar surface area (TPSA) is 399 Å². The van der Waals surface area contributed by atoms with Crippen LogP contribution in [0.15, 0.2) is 196 Å². The molecule has 25 rings (SSSR count). The van der Waals surface area contributed by atoms with Crippen molar-refractivity contribution < 1.29 is 33.5 Å². The number of likely N-dealkylation sites (N-methyl/N-ethyl adjacent to an activating group) is 1. The maximum atomic E-state index is 11.1. The number of halogens is 1. The number of carbonyl (C=O) groups excluding carboxylic acids is 6. The van der Waals surface area contributed by atoms with Crippen LogP contribution in [0.2, 0.25) is 5.02 Å². The van der Waals surface area contributed by atoms with Gasteiger partial charge in [-0.3, -0.25) is 28.8 Å². The van der Waals surface area contributed by atoms with Gasteiger partial charge in [-0.25, -0.2) is 59.8 Å². The summed E-state index contributed by atoms with van der Waals surface area (Å²) in [4.78, 5) is 158. The molecule has 8 aromatic carbocycles. The first kappa shape index (κ1) is 88.4. The predicted octanol–water partition coefficient (Wildman–Crippen LogP) is 16.2. The van der Waals surface area contributed by atoms with E-state index in [0.29, 0.717) is 33.4 Å². The molecule has 0 amide bonds. The van der Waals surface area contributed by atoms with Gasteiger partial charge in [-0.15, -0.1) is 0 Å². The van der Waals surface area contributed by atoms with Crippen molar-refractivity contribution in [3.8, 4) is 5.75 Å². The van der Waals surface area contributed by atoms with Crippen LogP contribution in [-0.2, 0) is 0 Å². The number of benzene rings is 8. The van der Waals surface area contributed by atoms with Crippen LogP contribution in [0.4, 0.5) is 46.3 Å². The summed E-state index contributed by atoms with van der Waals surface area (Å²) in [6, 6.07) is 49.7. The number of rotatable bonds is 15. The van der Waals surface area contributed by atoms with Gasteiger partial charge in [0.2, 0.25) is 0 Å². The third-order valence-corrected chi connectivity index (χ3v) is 26.3. The lowest BCUT2D eigenvalue weighted by molar-refractivity contribution is 0.111. The van der Waals surface area contributed by atoms with Gasteiger partial charge < -0.3 is 79.2 Å². The maximum Gasteiger partial charge on any atom is 0.156 e. The summed E-state index contributed by atoms with van der Waals surface area (Å²) in [5, 5.41) is 9.52. The summed E-state index contributed by atoms with van der Waals surface area (Å²) in [5.74, 6) is 6.32. The van der Waals surface area contributed by atoms with Crippen molar-refractivity contribution in [3.63, 3.8) is 0 Å². The van der Waals surface area contributed by atoms with Gasteiger partial charge in [-0.1, -0.05) is 11.6 Å². The fraction of sp³-hybridized carbons (Fsp3) is 0.235. The fourth-order valence-corrected chi connectivity index (χ4v) is 19.0. The number of hydrogen-bond donors (Lipinski definition) is 7. The number of piperazine rings is 3. The SMILES string of the molecule is CN1CCN(c2ncnc3c2[nH]c2ccc(C=O)cc23)CC1.CNc1ncnc2c1[nH]c1ccc(C=O)cc12.COc1ccc(N2CCN(c3ncnc4c3[nH]c3ccc(C=O)cc34)CC2)cc1.O=Cc1ccc2[nH]c3c(N4CCCC4)ncnc3c2c1.O=Cc1ccc2[nH]c3c(N4CCCCC4)ncnc3c2c1.O=Cc1ccc2[nH]c3c(N4CCN(c5ccc(Cl)cc5)CC4)ncnc3c2c1. The summed E-state index contributed by atoms with van der Waals surface area (Å²) in [5.41, 5.74) is 22.9. The van der Waals surface area contributed by atoms with Crippen LogP contribution in [-0.4, -0.2) is 258 Å². The summed E-state index contributed by atoms with van der Waals surface area (Å²) >= 11 is 6.00. The van der Waals surface area contributed by atoms with E-state index in [4.69, 9.17) is 16.3 Å². The largest absolute Gasteiger partial charge is 0.497 e. The van der Waals surface area contributed by atoms with E-state index in [1.807, 2.05) is 134 Å². The predicted molar refractivity (Wildman–Crippen MR) is 541 cm³/mol. The number of aromatic nitrogens is 18. The second-order valence-electron chi connectivity index (χ2n) is 34.2. The normalized spacial score (nSPS) is 14.7. The van der Waals surface area contributed by atoms with Crippen molar-refractivity contribution in [2.45, 2.75) is 32.1 Å². The average molecular weight is 1850 g/mol. The Morgan fingerprint density at radius 1 is 0.285 bits per heavy atom. The number of nitrogens with zero attached hydrogens (tertiary/aromatic N) is 20. The molecule has 0 unspecified atom stereocenters. The van der Waals surface area contributed by atoms with Crippen LogP contribution in [0, 0.1) is 0 Å². The number of anilines is 8. The van der Waals surface area contributed by atoms with E-state index < -0.39 is 0 Å². The van der Waals surface area contributed by atoms with E-state index in [1.54, 1.807) is 44.8 Å². The fourth-order valence-electron chi connectivity index (χ4n) is 18.9. The smallest absolute Gasteiger partial charge is 0.156 e.